The molecular weight excluding hydrogens is 328 g/mol. The zero-order chi connectivity index (χ0) is 16.0. The highest BCUT2D eigenvalue weighted by atomic mass is 35.5. The van der Waals surface area contributed by atoms with Crippen molar-refractivity contribution in [3.8, 4) is 0 Å². The third-order valence-electron chi connectivity index (χ3n) is 4.98. The van der Waals surface area contributed by atoms with Crippen molar-refractivity contribution in [2.45, 2.75) is 63.5 Å². The summed E-state index contributed by atoms with van der Waals surface area (Å²) in [5.74, 6) is 0.412. The van der Waals surface area contributed by atoms with Crippen LogP contribution in [-0.4, -0.2) is 28.1 Å². The van der Waals surface area contributed by atoms with E-state index in [1.165, 1.54) is 0 Å². The van der Waals surface area contributed by atoms with Crippen LogP contribution in [0, 0.1) is 6.92 Å². The maximum atomic E-state index is 12.8. The minimum absolute atomic E-state index is 0. The van der Waals surface area contributed by atoms with Crippen molar-refractivity contribution in [2.24, 2.45) is 5.73 Å². The van der Waals surface area contributed by atoms with Gasteiger partial charge in [0.1, 0.15) is 0 Å². The monoisotopic (exact) mass is 350 g/mol. The molecule has 0 radical (unpaired) electrons. The van der Waals surface area contributed by atoms with E-state index in [0.717, 1.165) is 49.6 Å². The average Bonchev–Trinajstić information content (AvgIpc) is 3.33. The summed E-state index contributed by atoms with van der Waals surface area (Å²) >= 11 is 0. The largest absolute Gasteiger partial charge is 0.349 e. The van der Waals surface area contributed by atoms with Crippen LogP contribution in [0.15, 0.2) is 10.6 Å². The Morgan fingerprint density at radius 2 is 1.96 bits per heavy atom. The Balaban J connectivity index is 0.00000169. The van der Waals surface area contributed by atoms with Gasteiger partial charge in [-0.3, -0.25) is 4.79 Å². The summed E-state index contributed by atoms with van der Waals surface area (Å²) in [6.07, 6.45) is 6.09. The molecule has 0 saturated heterocycles. The van der Waals surface area contributed by atoms with E-state index >= 15 is 0 Å². The van der Waals surface area contributed by atoms with E-state index < -0.39 is 0 Å². The predicted molar refractivity (Wildman–Crippen MR) is 93.5 cm³/mol. The molecule has 3 N–H and O–H groups in total. The Morgan fingerprint density at radius 3 is 2.62 bits per heavy atom. The minimum Gasteiger partial charge on any atom is -0.349 e. The molecule has 2 aliphatic carbocycles. The number of hydrogen-bond acceptors (Lipinski definition) is 5. The molecular formula is C17H23ClN4O2. The third kappa shape index (κ3) is 3.26. The number of nitrogens with one attached hydrogen (secondary N) is 1. The van der Waals surface area contributed by atoms with Crippen LogP contribution < -0.4 is 11.1 Å². The van der Waals surface area contributed by atoms with Crippen molar-refractivity contribution in [1.82, 2.24) is 15.5 Å². The SMILES string of the molecule is Cc1noc2nc(C3CC3)cc(C(=O)NC3CCC(N)CC3)c12.Cl. The lowest BCUT2D eigenvalue weighted by Crippen LogP contribution is -2.40. The maximum Gasteiger partial charge on any atom is 0.259 e. The number of aryl methyl sites for hydroxylation is 1. The van der Waals surface area contributed by atoms with Crippen LogP contribution in [0.3, 0.4) is 0 Å². The van der Waals surface area contributed by atoms with Gasteiger partial charge in [0.2, 0.25) is 0 Å². The van der Waals surface area contributed by atoms with E-state index in [1.54, 1.807) is 0 Å². The first kappa shape index (κ1) is 17.2. The fraction of sp³-hybridized carbons (Fsp3) is 0.588. The Hall–Kier alpha value is -1.66. The Labute approximate surface area is 147 Å². The lowest BCUT2D eigenvalue weighted by molar-refractivity contribution is 0.0927. The van der Waals surface area contributed by atoms with Gasteiger partial charge in [0.05, 0.1) is 16.6 Å². The highest BCUT2D eigenvalue weighted by Crippen LogP contribution is 2.40. The first-order valence-corrected chi connectivity index (χ1v) is 8.45. The number of fused-ring (bicyclic) bond motifs is 1. The molecule has 6 nitrogen and oxygen atoms in total. The predicted octanol–water partition coefficient (Wildman–Crippen LogP) is 2.83. The number of hydrogen-bond donors (Lipinski definition) is 2. The van der Waals surface area contributed by atoms with Crippen LogP contribution >= 0.6 is 12.4 Å². The van der Waals surface area contributed by atoms with Gasteiger partial charge in [0, 0.05) is 23.7 Å². The summed E-state index contributed by atoms with van der Waals surface area (Å²) in [5, 5.41) is 7.88. The Kier molecular flexibility index (Phi) is 4.78. The lowest BCUT2D eigenvalue weighted by Gasteiger charge is -2.26. The highest BCUT2D eigenvalue weighted by Gasteiger charge is 2.29. The number of pyridine rings is 1. The van der Waals surface area contributed by atoms with Crippen molar-refractivity contribution >= 4 is 29.4 Å². The van der Waals surface area contributed by atoms with Gasteiger partial charge in [-0.1, -0.05) is 5.16 Å². The summed E-state index contributed by atoms with van der Waals surface area (Å²) in [7, 11) is 0. The van der Waals surface area contributed by atoms with E-state index in [0.29, 0.717) is 22.9 Å². The number of carbonyl (C=O) groups excluding carboxylic acids is 1. The summed E-state index contributed by atoms with van der Waals surface area (Å²) in [4.78, 5) is 17.3. The van der Waals surface area contributed by atoms with Gasteiger partial charge in [-0.15, -0.1) is 12.4 Å². The average molecular weight is 351 g/mol. The first-order chi connectivity index (χ1) is 11.1. The molecule has 0 atom stereocenters. The van der Waals surface area contributed by atoms with Crippen molar-refractivity contribution in [1.29, 1.82) is 0 Å². The standard InChI is InChI=1S/C17H22N4O2.ClH/c1-9-15-13(16(22)19-12-6-4-11(18)5-7-12)8-14(10-2-3-10)20-17(15)23-21-9;/h8,10-12H,2-7,18H2,1H3,(H,19,22);1H. The van der Waals surface area contributed by atoms with E-state index in [4.69, 9.17) is 10.3 Å². The molecule has 2 aromatic heterocycles. The fourth-order valence-electron chi connectivity index (χ4n) is 3.41. The first-order valence-electron chi connectivity index (χ1n) is 8.45. The van der Waals surface area contributed by atoms with E-state index in [2.05, 4.69) is 15.5 Å². The smallest absolute Gasteiger partial charge is 0.259 e. The topological polar surface area (TPSA) is 94.0 Å². The van der Waals surface area contributed by atoms with Crippen LogP contribution in [0.5, 0.6) is 0 Å². The summed E-state index contributed by atoms with van der Waals surface area (Å²) in [5.41, 5.74) is 8.72. The van der Waals surface area contributed by atoms with Crippen molar-refractivity contribution < 1.29 is 9.32 Å². The maximum absolute atomic E-state index is 12.8. The van der Waals surface area contributed by atoms with Gasteiger partial charge in [0.15, 0.2) is 0 Å². The molecule has 0 unspecified atom stereocenters. The number of carbonyl (C=O) groups is 1. The third-order valence-corrected chi connectivity index (χ3v) is 4.98. The number of nitrogens with zero attached hydrogens (tertiary/aromatic N) is 2. The fourth-order valence-corrected chi connectivity index (χ4v) is 3.41. The van der Waals surface area contributed by atoms with Crippen LogP contribution in [0.4, 0.5) is 0 Å². The zero-order valence-electron chi connectivity index (χ0n) is 13.7. The molecule has 0 aliphatic heterocycles. The molecule has 7 heteroatoms. The molecule has 0 aromatic carbocycles. The molecule has 0 bridgehead atoms. The van der Waals surface area contributed by atoms with Crippen LogP contribution in [-0.2, 0) is 0 Å². The van der Waals surface area contributed by atoms with Gasteiger partial charge in [-0.25, -0.2) is 4.98 Å². The van der Waals surface area contributed by atoms with Crippen molar-refractivity contribution in [3.63, 3.8) is 0 Å². The van der Waals surface area contributed by atoms with Crippen molar-refractivity contribution in [3.05, 3.63) is 23.0 Å². The molecule has 2 fully saturated rings. The molecule has 24 heavy (non-hydrogen) atoms. The van der Waals surface area contributed by atoms with E-state index in [-0.39, 0.29) is 30.4 Å². The highest BCUT2D eigenvalue weighted by molar-refractivity contribution is 6.06. The number of amides is 1. The van der Waals surface area contributed by atoms with Gasteiger partial charge < -0.3 is 15.6 Å². The second-order valence-electron chi connectivity index (χ2n) is 6.90. The molecule has 4 rings (SSSR count). The Bertz CT molecular complexity index is 748. The summed E-state index contributed by atoms with van der Waals surface area (Å²) in [6.45, 7) is 1.85. The molecule has 130 valence electrons. The van der Waals surface area contributed by atoms with Crippen LogP contribution in [0.2, 0.25) is 0 Å². The number of aromatic nitrogens is 2. The lowest BCUT2D eigenvalue weighted by atomic mass is 9.91. The normalized spacial score (nSPS) is 23.8. The van der Waals surface area contributed by atoms with Gasteiger partial charge in [-0.05, 0) is 51.5 Å². The summed E-state index contributed by atoms with van der Waals surface area (Å²) < 4.78 is 5.30. The van der Waals surface area contributed by atoms with Crippen molar-refractivity contribution in [2.75, 3.05) is 0 Å². The van der Waals surface area contributed by atoms with Gasteiger partial charge >= 0.3 is 0 Å². The van der Waals surface area contributed by atoms with E-state index in [9.17, 15) is 4.79 Å². The van der Waals surface area contributed by atoms with Crippen LogP contribution in [0.1, 0.15) is 66.2 Å². The minimum atomic E-state index is -0.0499. The van der Waals surface area contributed by atoms with Gasteiger partial charge in [0.25, 0.3) is 11.6 Å². The second-order valence-corrected chi connectivity index (χ2v) is 6.90. The quantitative estimate of drug-likeness (QED) is 0.887. The molecule has 2 heterocycles. The Morgan fingerprint density at radius 1 is 1.25 bits per heavy atom. The second kappa shape index (κ2) is 6.69. The molecule has 1 amide bonds. The number of halogens is 1. The summed E-state index contributed by atoms with van der Waals surface area (Å²) in [6, 6.07) is 2.40. The molecule has 2 aliphatic rings. The molecule has 2 aromatic rings. The zero-order valence-corrected chi connectivity index (χ0v) is 14.6. The molecule has 2 saturated carbocycles. The van der Waals surface area contributed by atoms with E-state index in [1.807, 2.05) is 13.0 Å². The van der Waals surface area contributed by atoms with Gasteiger partial charge in [-0.2, -0.15) is 0 Å². The number of rotatable bonds is 3. The number of nitrogens with two attached hydrogens (primary N) is 1. The van der Waals surface area contributed by atoms with Crippen LogP contribution in [0.25, 0.3) is 11.1 Å². The molecule has 0 spiro atoms.